The van der Waals surface area contributed by atoms with Gasteiger partial charge in [0.05, 0.1) is 17.9 Å². The van der Waals surface area contributed by atoms with Gasteiger partial charge in [-0.05, 0) is 38.1 Å². The van der Waals surface area contributed by atoms with Gasteiger partial charge in [-0.3, -0.25) is 4.79 Å². The Balaban J connectivity index is 1.81. The maximum Gasteiger partial charge on any atom is 0.251 e. The first-order chi connectivity index (χ1) is 13.2. The average Bonchev–Trinajstić information content (AvgIpc) is 3.11. The molecule has 0 unspecified atom stereocenters. The Hall–Kier alpha value is -3.07. The zero-order valence-corrected chi connectivity index (χ0v) is 17.0. The highest BCUT2D eigenvalue weighted by Crippen LogP contribution is 2.18. The lowest BCUT2D eigenvalue weighted by atomic mass is 10.1. The number of pyridine rings is 1. The van der Waals surface area contributed by atoms with Crippen molar-refractivity contribution in [2.24, 2.45) is 4.36 Å². The molecule has 2 heterocycles. The van der Waals surface area contributed by atoms with Gasteiger partial charge in [0.2, 0.25) is 0 Å². The molecule has 0 saturated heterocycles. The number of rotatable bonds is 5. The maximum absolute atomic E-state index is 12.5. The Morgan fingerprint density at radius 3 is 2.64 bits per heavy atom. The fourth-order valence-electron chi connectivity index (χ4n) is 2.66. The Labute approximate surface area is 164 Å². The minimum Gasteiger partial charge on any atom is -0.342 e. The molecule has 2 aromatic heterocycles. The third-order valence-electron chi connectivity index (χ3n) is 3.86. The monoisotopic (exact) mass is 398 g/mol. The van der Waals surface area contributed by atoms with Crippen molar-refractivity contribution in [1.29, 1.82) is 0 Å². The van der Waals surface area contributed by atoms with Crippen molar-refractivity contribution in [3.05, 3.63) is 65.9 Å². The van der Waals surface area contributed by atoms with Gasteiger partial charge in [0.15, 0.2) is 11.6 Å². The number of carbonyl (C=O) groups is 1. The standard InChI is InChI=1S/C19H22N6O2S/c1-13-6-5-7-15(10-13)19(26)23-14(2)18-21-12-22-25(18)17-9-8-16(11-20-17)24-28(3,4)27/h5-12,14H,1-4H3,(H,23,26)/t14-/m0/s1. The molecule has 1 amide bonds. The van der Waals surface area contributed by atoms with Crippen LogP contribution >= 0.6 is 0 Å². The second-order valence-electron chi connectivity index (χ2n) is 6.74. The van der Waals surface area contributed by atoms with Crippen LogP contribution in [0, 0.1) is 6.92 Å². The van der Waals surface area contributed by atoms with Crippen molar-refractivity contribution >= 4 is 21.3 Å². The molecule has 3 rings (SSSR count). The summed E-state index contributed by atoms with van der Waals surface area (Å²) in [7, 11) is -2.26. The number of aryl methyl sites for hydroxylation is 1. The number of hydrogen-bond acceptors (Lipinski definition) is 6. The molecule has 1 aromatic carbocycles. The van der Waals surface area contributed by atoms with Crippen molar-refractivity contribution in [3.63, 3.8) is 0 Å². The van der Waals surface area contributed by atoms with Crippen molar-refractivity contribution in [1.82, 2.24) is 25.1 Å². The zero-order chi connectivity index (χ0) is 20.3. The van der Waals surface area contributed by atoms with E-state index in [9.17, 15) is 9.00 Å². The number of hydrogen-bond donors (Lipinski definition) is 1. The topological polar surface area (TPSA) is 102 Å². The predicted octanol–water partition coefficient (Wildman–Crippen LogP) is 2.82. The van der Waals surface area contributed by atoms with Crippen molar-refractivity contribution in [2.75, 3.05) is 12.5 Å². The molecule has 0 spiro atoms. The summed E-state index contributed by atoms with van der Waals surface area (Å²) >= 11 is 0. The van der Waals surface area contributed by atoms with E-state index in [1.807, 2.05) is 32.0 Å². The summed E-state index contributed by atoms with van der Waals surface area (Å²) in [5, 5.41) is 7.14. The summed E-state index contributed by atoms with van der Waals surface area (Å²) < 4.78 is 17.5. The third-order valence-corrected chi connectivity index (χ3v) is 4.51. The van der Waals surface area contributed by atoms with E-state index in [4.69, 9.17) is 0 Å². The number of benzene rings is 1. The van der Waals surface area contributed by atoms with Crippen LogP contribution in [-0.4, -0.2) is 42.4 Å². The van der Waals surface area contributed by atoms with Crippen LogP contribution in [0.25, 0.3) is 5.82 Å². The summed E-state index contributed by atoms with van der Waals surface area (Å²) in [6.45, 7) is 3.77. The molecule has 1 atom stereocenters. The lowest BCUT2D eigenvalue weighted by Crippen LogP contribution is -2.28. The average molecular weight is 398 g/mol. The minimum atomic E-state index is -2.26. The van der Waals surface area contributed by atoms with E-state index < -0.39 is 9.73 Å². The largest absolute Gasteiger partial charge is 0.342 e. The minimum absolute atomic E-state index is 0.187. The van der Waals surface area contributed by atoms with E-state index in [0.717, 1.165) is 5.56 Å². The zero-order valence-electron chi connectivity index (χ0n) is 16.2. The second-order valence-corrected chi connectivity index (χ2v) is 9.29. The third kappa shape index (κ3) is 4.80. The quantitative estimate of drug-likeness (QED) is 0.712. The van der Waals surface area contributed by atoms with Gasteiger partial charge in [-0.15, -0.1) is 0 Å². The van der Waals surface area contributed by atoms with Crippen LogP contribution in [0.4, 0.5) is 5.69 Å². The molecule has 0 aliphatic carbocycles. The van der Waals surface area contributed by atoms with Crippen LogP contribution in [0.1, 0.15) is 34.7 Å². The van der Waals surface area contributed by atoms with E-state index in [1.54, 1.807) is 35.4 Å². The van der Waals surface area contributed by atoms with Gasteiger partial charge in [0.25, 0.3) is 5.91 Å². The van der Waals surface area contributed by atoms with E-state index in [0.29, 0.717) is 22.9 Å². The number of carbonyl (C=O) groups excluding carboxylic acids is 1. The smallest absolute Gasteiger partial charge is 0.251 e. The molecular weight excluding hydrogens is 376 g/mol. The summed E-state index contributed by atoms with van der Waals surface area (Å²) in [4.78, 5) is 21.1. The summed E-state index contributed by atoms with van der Waals surface area (Å²) in [5.74, 6) is 0.892. The highest BCUT2D eigenvalue weighted by molar-refractivity contribution is 7.92. The second kappa shape index (κ2) is 7.89. The number of aromatic nitrogens is 4. The van der Waals surface area contributed by atoms with Gasteiger partial charge >= 0.3 is 0 Å². The normalized spacial score (nSPS) is 12.4. The molecule has 28 heavy (non-hydrogen) atoms. The number of nitrogens with one attached hydrogen (secondary N) is 1. The molecule has 0 radical (unpaired) electrons. The number of amides is 1. The Bertz CT molecular complexity index is 1110. The van der Waals surface area contributed by atoms with Gasteiger partial charge in [-0.25, -0.2) is 14.2 Å². The molecule has 3 aromatic rings. The van der Waals surface area contributed by atoms with Gasteiger partial charge in [0, 0.05) is 27.8 Å². The summed E-state index contributed by atoms with van der Waals surface area (Å²) in [6.07, 6.45) is 6.07. The Morgan fingerprint density at radius 2 is 2.00 bits per heavy atom. The summed E-state index contributed by atoms with van der Waals surface area (Å²) in [6, 6.07) is 10.4. The lowest BCUT2D eigenvalue weighted by molar-refractivity contribution is 0.0937. The molecule has 0 aliphatic heterocycles. The van der Waals surface area contributed by atoms with Crippen LogP contribution in [0.15, 0.2) is 53.3 Å². The summed E-state index contributed by atoms with van der Waals surface area (Å²) in [5.41, 5.74) is 2.13. The molecule has 146 valence electrons. The highest BCUT2D eigenvalue weighted by atomic mass is 32.2. The van der Waals surface area contributed by atoms with Gasteiger partial charge in [-0.1, -0.05) is 17.7 Å². The van der Waals surface area contributed by atoms with Crippen molar-refractivity contribution in [3.8, 4) is 5.82 Å². The van der Waals surface area contributed by atoms with Gasteiger partial charge in [-0.2, -0.15) is 14.1 Å². The van der Waals surface area contributed by atoms with Crippen LogP contribution in [0.3, 0.4) is 0 Å². The molecule has 0 fully saturated rings. The first kappa shape index (κ1) is 19.7. The van der Waals surface area contributed by atoms with E-state index in [1.165, 1.54) is 12.5 Å². The maximum atomic E-state index is 12.5. The fourth-order valence-corrected chi connectivity index (χ4v) is 3.28. The van der Waals surface area contributed by atoms with E-state index in [-0.39, 0.29) is 11.9 Å². The van der Waals surface area contributed by atoms with E-state index in [2.05, 4.69) is 24.7 Å². The molecule has 0 aliphatic rings. The SMILES string of the molecule is Cc1cccc(C(=O)N[C@@H](C)c2ncnn2-c2ccc(N=S(C)(C)=O)cn2)c1. The Kier molecular flexibility index (Phi) is 5.55. The van der Waals surface area contributed by atoms with Gasteiger partial charge in [0.1, 0.15) is 6.33 Å². The number of nitrogens with zero attached hydrogens (tertiary/aromatic N) is 5. The molecule has 0 bridgehead atoms. The van der Waals surface area contributed by atoms with Crippen molar-refractivity contribution < 1.29 is 9.00 Å². The lowest BCUT2D eigenvalue weighted by Gasteiger charge is -2.14. The van der Waals surface area contributed by atoms with Crippen LogP contribution in [0.5, 0.6) is 0 Å². The molecular formula is C19H22N6O2S. The Morgan fingerprint density at radius 1 is 1.21 bits per heavy atom. The van der Waals surface area contributed by atoms with E-state index >= 15 is 0 Å². The van der Waals surface area contributed by atoms with Crippen molar-refractivity contribution in [2.45, 2.75) is 19.9 Å². The van der Waals surface area contributed by atoms with Gasteiger partial charge < -0.3 is 5.32 Å². The van der Waals surface area contributed by atoms with Crippen LogP contribution in [-0.2, 0) is 9.73 Å². The first-order valence-electron chi connectivity index (χ1n) is 8.64. The fraction of sp³-hybridized carbons (Fsp3) is 0.263. The molecule has 1 N–H and O–H groups in total. The van der Waals surface area contributed by atoms with Crippen LogP contribution in [0.2, 0.25) is 0 Å². The highest BCUT2D eigenvalue weighted by Gasteiger charge is 2.18. The molecule has 0 saturated carbocycles. The van der Waals surface area contributed by atoms with Crippen LogP contribution < -0.4 is 5.32 Å². The predicted molar refractivity (Wildman–Crippen MR) is 108 cm³/mol. The molecule has 8 nitrogen and oxygen atoms in total. The first-order valence-corrected chi connectivity index (χ1v) is 11.0. The molecule has 9 heteroatoms.